The Morgan fingerprint density at radius 1 is 0.881 bits per heavy atom. The Morgan fingerprint density at radius 3 is 1.98 bits per heavy atom. The Labute approximate surface area is 259 Å². The molecule has 0 radical (unpaired) electrons. The Hall–Kier alpha value is -2.74. The summed E-state index contributed by atoms with van der Waals surface area (Å²) in [5, 5.41) is 0.267. The summed E-state index contributed by atoms with van der Waals surface area (Å²) >= 11 is 9.66. The second-order valence-electron chi connectivity index (χ2n) is 10.0. The molecule has 0 amide bonds. The molecule has 0 aromatic heterocycles. The monoisotopic (exact) mass is 694 g/mol. The molecule has 234 valence electrons. The van der Waals surface area contributed by atoms with Gasteiger partial charge >= 0.3 is 11.9 Å². The van der Waals surface area contributed by atoms with Gasteiger partial charge in [-0.1, -0.05) is 11.6 Å². The van der Waals surface area contributed by atoms with E-state index < -0.39 is 33.8 Å². The van der Waals surface area contributed by atoms with Crippen molar-refractivity contribution in [1.82, 2.24) is 0 Å². The number of esters is 2. The van der Waals surface area contributed by atoms with Gasteiger partial charge in [-0.15, -0.1) is 0 Å². The van der Waals surface area contributed by atoms with Crippen LogP contribution in [0.15, 0.2) is 28.7 Å². The normalized spacial score (nSPS) is 12.3. The Kier molecular flexibility index (Phi) is 13.2. The fraction of sp³-hybridized carbons (Fsp3) is 0.500. The molecule has 1 atom stereocenters. The van der Waals surface area contributed by atoms with E-state index in [-0.39, 0.29) is 47.3 Å². The van der Waals surface area contributed by atoms with E-state index in [0.29, 0.717) is 28.8 Å². The molecule has 0 N–H and O–H groups in total. The van der Waals surface area contributed by atoms with Crippen LogP contribution in [-0.4, -0.2) is 72.9 Å². The van der Waals surface area contributed by atoms with Crippen LogP contribution < -0.4 is 18.9 Å². The number of halogens is 2. The average molecular weight is 696 g/mol. The molecule has 11 nitrogen and oxygen atoms in total. The van der Waals surface area contributed by atoms with Crippen LogP contribution in [-0.2, 0) is 23.8 Å². The highest BCUT2D eigenvalue weighted by Crippen LogP contribution is 2.38. The van der Waals surface area contributed by atoms with E-state index in [4.69, 9.17) is 44.2 Å². The van der Waals surface area contributed by atoms with Crippen molar-refractivity contribution >= 4 is 49.6 Å². The third-order valence-electron chi connectivity index (χ3n) is 5.47. The molecule has 0 aliphatic heterocycles. The predicted octanol–water partition coefficient (Wildman–Crippen LogP) is 5.83. The lowest BCUT2D eigenvalue weighted by molar-refractivity contribution is 0.00684. The molecule has 0 heterocycles. The smallest absolute Gasteiger partial charge is 0.338 e. The van der Waals surface area contributed by atoms with Crippen LogP contribution in [0.2, 0.25) is 5.02 Å². The van der Waals surface area contributed by atoms with Gasteiger partial charge in [0.2, 0.25) is 5.75 Å². The number of hydrogen-bond acceptors (Lipinski definition) is 11. The fourth-order valence-electron chi connectivity index (χ4n) is 3.63. The van der Waals surface area contributed by atoms with Gasteiger partial charge in [-0.25, -0.2) is 9.59 Å². The van der Waals surface area contributed by atoms with E-state index in [2.05, 4.69) is 15.9 Å². The lowest BCUT2D eigenvalue weighted by atomic mass is 10.1. The van der Waals surface area contributed by atoms with Crippen molar-refractivity contribution in [3.05, 3.63) is 44.9 Å². The van der Waals surface area contributed by atoms with Gasteiger partial charge in [-0.2, -0.15) is 8.42 Å². The molecule has 0 saturated carbocycles. The van der Waals surface area contributed by atoms with Crippen molar-refractivity contribution in [2.75, 3.05) is 40.8 Å². The molecule has 42 heavy (non-hydrogen) atoms. The molecule has 0 aliphatic rings. The van der Waals surface area contributed by atoms with Crippen LogP contribution in [0.25, 0.3) is 0 Å². The first kappa shape index (κ1) is 35.5. The maximum Gasteiger partial charge on any atom is 0.338 e. The highest BCUT2D eigenvalue weighted by molar-refractivity contribution is 9.10. The summed E-state index contributed by atoms with van der Waals surface area (Å²) in [6.45, 7) is 5.25. The molecule has 0 spiro atoms. The summed E-state index contributed by atoms with van der Waals surface area (Å²) in [6, 6.07) is 5.91. The molecule has 14 heteroatoms. The zero-order valence-corrected chi connectivity index (χ0v) is 27.7. The average Bonchev–Trinajstić information content (AvgIpc) is 2.90. The van der Waals surface area contributed by atoms with Gasteiger partial charge in [-0.3, -0.25) is 4.18 Å². The number of benzene rings is 2. The van der Waals surface area contributed by atoms with Gasteiger partial charge in [0.1, 0.15) is 17.5 Å². The van der Waals surface area contributed by atoms with Crippen molar-refractivity contribution in [1.29, 1.82) is 0 Å². The third kappa shape index (κ3) is 11.2. The van der Waals surface area contributed by atoms with Gasteiger partial charge in [-0.05, 0) is 73.8 Å². The minimum absolute atomic E-state index is 0.104. The second kappa shape index (κ2) is 15.6. The number of rotatable bonds is 15. The van der Waals surface area contributed by atoms with E-state index in [1.54, 1.807) is 20.8 Å². The molecule has 1 unspecified atom stereocenters. The SMILES string of the molecule is COc1cc(C(=O)OC(CCCOc2cc(C(=O)OC(C)(C)C)cc(Cl)c2Br)CCOS(C)(=O)=O)cc(OC)c1OC. The van der Waals surface area contributed by atoms with Gasteiger partial charge in [0.25, 0.3) is 10.1 Å². The van der Waals surface area contributed by atoms with Crippen molar-refractivity contribution in [2.24, 2.45) is 0 Å². The lowest BCUT2D eigenvalue weighted by Gasteiger charge is -2.20. The standard InChI is InChI=1S/C28H36BrClO11S/c1-28(2,3)41-27(32)17-13-20(30)24(29)21(14-17)38-11-8-9-19(10-12-39-42(7,33)34)40-26(31)18-15-22(35-4)25(37-6)23(16-18)36-5/h13-16,19H,8-12H2,1-7H3. The van der Waals surface area contributed by atoms with E-state index in [1.807, 2.05) is 0 Å². The highest BCUT2D eigenvalue weighted by Gasteiger charge is 2.23. The molecule has 0 bridgehead atoms. The van der Waals surface area contributed by atoms with E-state index in [1.165, 1.54) is 45.6 Å². The zero-order valence-electron chi connectivity index (χ0n) is 24.6. The summed E-state index contributed by atoms with van der Waals surface area (Å²) in [5.74, 6) is -0.0481. The summed E-state index contributed by atoms with van der Waals surface area (Å²) in [4.78, 5) is 25.6. The maximum atomic E-state index is 13.1. The van der Waals surface area contributed by atoms with Crippen molar-refractivity contribution in [3.8, 4) is 23.0 Å². The number of hydrogen-bond donors (Lipinski definition) is 0. The molecular formula is C28H36BrClO11S. The largest absolute Gasteiger partial charge is 0.493 e. The van der Waals surface area contributed by atoms with Crippen molar-refractivity contribution in [2.45, 2.75) is 51.7 Å². The van der Waals surface area contributed by atoms with Crippen molar-refractivity contribution in [3.63, 3.8) is 0 Å². The summed E-state index contributed by atoms with van der Waals surface area (Å²) in [5.41, 5.74) is -0.317. The first-order valence-corrected chi connectivity index (χ1v) is 15.8. The number of ether oxygens (including phenoxy) is 6. The molecule has 0 aliphatic carbocycles. The lowest BCUT2D eigenvalue weighted by Crippen LogP contribution is -2.24. The minimum Gasteiger partial charge on any atom is -0.493 e. The summed E-state index contributed by atoms with van der Waals surface area (Å²) in [7, 11) is 0.603. The third-order valence-corrected chi connectivity index (χ3v) is 7.41. The van der Waals surface area contributed by atoms with Gasteiger partial charge in [0.05, 0.1) is 61.4 Å². The molecular weight excluding hydrogens is 660 g/mol. The van der Waals surface area contributed by atoms with Crippen LogP contribution in [0.1, 0.15) is 60.7 Å². The van der Waals surface area contributed by atoms with Crippen molar-refractivity contribution < 1.29 is 50.6 Å². The second-order valence-corrected chi connectivity index (χ2v) is 12.9. The van der Waals surface area contributed by atoms with Crippen LogP contribution in [0.4, 0.5) is 0 Å². The molecule has 2 rings (SSSR count). The molecule has 2 aromatic carbocycles. The van der Waals surface area contributed by atoms with Crippen LogP contribution in [0.5, 0.6) is 23.0 Å². The number of carbonyl (C=O) groups excluding carboxylic acids is 2. The summed E-state index contributed by atoms with van der Waals surface area (Å²) < 4.78 is 61.1. The van der Waals surface area contributed by atoms with Crippen LogP contribution in [0.3, 0.4) is 0 Å². The van der Waals surface area contributed by atoms with E-state index in [9.17, 15) is 18.0 Å². The predicted molar refractivity (Wildman–Crippen MR) is 160 cm³/mol. The van der Waals surface area contributed by atoms with E-state index >= 15 is 0 Å². The van der Waals surface area contributed by atoms with Crippen LogP contribution >= 0.6 is 27.5 Å². The molecule has 0 fully saturated rings. The Morgan fingerprint density at radius 2 is 1.45 bits per heavy atom. The minimum atomic E-state index is -3.69. The fourth-order valence-corrected chi connectivity index (χ4v) is 4.58. The number of methoxy groups -OCH3 is 3. The Bertz CT molecular complexity index is 1330. The first-order chi connectivity index (χ1) is 19.6. The maximum absolute atomic E-state index is 13.1. The Balaban J connectivity index is 2.14. The van der Waals surface area contributed by atoms with E-state index in [0.717, 1.165) is 6.26 Å². The van der Waals surface area contributed by atoms with Gasteiger partial charge in [0.15, 0.2) is 11.5 Å². The van der Waals surface area contributed by atoms with Gasteiger partial charge in [0, 0.05) is 6.42 Å². The zero-order chi connectivity index (χ0) is 31.7. The topological polar surface area (TPSA) is 133 Å². The molecule has 2 aromatic rings. The summed E-state index contributed by atoms with van der Waals surface area (Å²) in [6.07, 6.45) is 1.02. The van der Waals surface area contributed by atoms with Gasteiger partial charge < -0.3 is 28.4 Å². The molecule has 0 saturated heterocycles. The highest BCUT2D eigenvalue weighted by atomic mass is 79.9. The quantitative estimate of drug-likeness (QED) is 0.127. The number of carbonyl (C=O) groups is 2. The first-order valence-electron chi connectivity index (χ1n) is 12.8. The van der Waals surface area contributed by atoms with Crippen LogP contribution in [0, 0.1) is 0 Å².